The topological polar surface area (TPSA) is 65.0 Å². The number of carbonyl (C=O) groups excluding carboxylic acids is 1. The highest BCUT2D eigenvalue weighted by Crippen LogP contribution is 2.42. The summed E-state index contributed by atoms with van der Waals surface area (Å²) >= 11 is 0. The lowest BCUT2D eigenvalue weighted by molar-refractivity contribution is -0.0585. The molecule has 5 rings (SSSR count). The Morgan fingerprint density at radius 2 is 1.82 bits per heavy atom. The Bertz CT molecular complexity index is 1050. The quantitative estimate of drug-likeness (QED) is 0.681. The molecule has 3 atom stereocenters. The van der Waals surface area contributed by atoms with E-state index in [0.29, 0.717) is 12.5 Å². The van der Waals surface area contributed by atoms with Crippen LogP contribution in [-0.4, -0.2) is 66.4 Å². The second-order valence-corrected chi connectivity index (χ2v) is 9.56. The molecule has 2 aromatic carbocycles. The maximum Gasteiger partial charge on any atom is 0.321 e. The average molecular weight is 460 g/mol. The Morgan fingerprint density at radius 1 is 1.09 bits per heavy atom. The lowest BCUT2D eigenvalue weighted by atomic mass is 9.74. The molecule has 2 heterocycles. The number of hydrogen-bond acceptors (Lipinski definition) is 4. The molecule has 3 aliphatic rings. The van der Waals surface area contributed by atoms with Gasteiger partial charge in [0.05, 0.1) is 13.7 Å². The van der Waals surface area contributed by atoms with Crippen LogP contribution in [0.2, 0.25) is 0 Å². The highest BCUT2D eigenvalue weighted by molar-refractivity contribution is 5.89. The summed E-state index contributed by atoms with van der Waals surface area (Å²) < 4.78 is 5.21. The van der Waals surface area contributed by atoms with Crippen LogP contribution in [0.25, 0.3) is 0 Å². The molecule has 0 aromatic heterocycles. The SMILES string of the molecule is COc1ccc(NC(=O)N2CCCCN3[C@H](CO)[C@H](c4ccc(C#CC5CC5)cc4)[C@@H]3C2)cc1. The molecule has 6 heteroatoms. The first kappa shape index (κ1) is 22.8. The fraction of sp³-hybridized carbons (Fsp3) is 0.464. The Balaban J connectivity index is 1.30. The molecule has 0 spiro atoms. The number of hydrogen-bond donors (Lipinski definition) is 2. The van der Waals surface area contributed by atoms with Crippen LogP contribution in [0.1, 0.15) is 42.7 Å². The van der Waals surface area contributed by atoms with Crippen LogP contribution in [0.5, 0.6) is 5.75 Å². The molecule has 1 saturated carbocycles. The van der Waals surface area contributed by atoms with Gasteiger partial charge in [0, 0.05) is 48.3 Å². The number of nitrogens with zero attached hydrogens (tertiary/aromatic N) is 2. The van der Waals surface area contributed by atoms with Crippen LogP contribution < -0.4 is 10.1 Å². The molecule has 2 aromatic rings. The van der Waals surface area contributed by atoms with Gasteiger partial charge in [0.25, 0.3) is 0 Å². The molecule has 0 radical (unpaired) electrons. The standard InChI is InChI=1S/C28H33N3O3/c1-34-24-14-12-23(13-15-24)29-28(33)30-16-2-3-17-31-25(18-30)27(26(31)19-32)22-10-8-21(9-11-22)7-6-20-4-5-20/h8-15,20,25-27,32H,2-5,16-19H2,1H3,(H,29,33)/t25-,26+,27+/m0/s1. The number of aliphatic hydroxyl groups excluding tert-OH is 1. The molecule has 6 nitrogen and oxygen atoms in total. The van der Waals surface area contributed by atoms with E-state index in [-0.39, 0.29) is 30.6 Å². The molecule has 0 unspecified atom stereocenters. The van der Waals surface area contributed by atoms with Gasteiger partial charge in [-0.3, -0.25) is 4.90 Å². The van der Waals surface area contributed by atoms with Gasteiger partial charge in [0.2, 0.25) is 0 Å². The fourth-order valence-electron chi connectivity index (χ4n) is 5.20. The number of amides is 2. The summed E-state index contributed by atoms with van der Waals surface area (Å²) in [6.45, 7) is 2.47. The van der Waals surface area contributed by atoms with E-state index in [1.807, 2.05) is 29.2 Å². The predicted octanol–water partition coefficient (Wildman–Crippen LogP) is 3.91. The van der Waals surface area contributed by atoms with Gasteiger partial charge in [-0.2, -0.15) is 0 Å². The van der Waals surface area contributed by atoms with E-state index in [1.54, 1.807) is 7.11 Å². The summed E-state index contributed by atoms with van der Waals surface area (Å²) in [6, 6.07) is 16.1. The van der Waals surface area contributed by atoms with Gasteiger partial charge in [0.1, 0.15) is 5.75 Å². The monoisotopic (exact) mass is 459 g/mol. The number of ether oxygens (including phenoxy) is 1. The molecule has 2 aliphatic heterocycles. The maximum absolute atomic E-state index is 13.1. The summed E-state index contributed by atoms with van der Waals surface area (Å²) in [6.07, 6.45) is 4.43. The highest BCUT2D eigenvalue weighted by atomic mass is 16.5. The zero-order valence-corrected chi connectivity index (χ0v) is 19.7. The molecule has 34 heavy (non-hydrogen) atoms. The molecule has 0 bridgehead atoms. The minimum atomic E-state index is -0.0797. The number of benzene rings is 2. The van der Waals surface area contributed by atoms with Crippen LogP contribution >= 0.6 is 0 Å². The highest BCUT2D eigenvalue weighted by Gasteiger charge is 2.49. The second-order valence-electron chi connectivity index (χ2n) is 9.56. The molecular weight excluding hydrogens is 426 g/mol. The third-order valence-electron chi connectivity index (χ3n) is 7.29. The Labute approximate surface area is 201 Å². The van der Waals surface area contributed by atoms with Gasteiger partial charge >= 0.3 is 6.03 Å². The zero-order chi connectivity index (χ0) is 23.5. The van der Waals surface area contributed by atoms with Crippen molar-refractivity contribution in [2.45, 2.75) is 43.7 Å². The minimum Gasteiger partial charge on any atom is -0.497 e. The van der Waals surface area contributed by atoms with Crippen molar-refractivity contribution in [3.05, 3.63) is 59.7 Å². The number of anilines is 1. The lowest BCUT2D eigenvalue weighted by Gasteiger charge is -2.57. The van der Waals surface area contributed by atoms with Crippen molar-refractivity contribution in [3.63, 3.8) is 0 Å². The normalized spacial score (nSPS) is 24.5. The first-order valence-electron chi connectivity index (χ1n) is 12.3. The van der Waals surface area contributed by atoms with Crippen LogP contribution in [0.15, 0.2) is 48.5 Å². The van der Waals surface area contributed by atoms with E-state index in [0.717, 1.165) is 42.9 Å². The smallest absolute Gasteiger partial charge is 0.321 e. The van der Waals surface area contributed by atoms with Crippen molar-refractivity contribution in [3.8, 4) is 17.6 Å². The van der Waals surface area contributed by atoms with E-state index >= 15 is 0 Å². The van der Waals surface area contributed by atoms with Crippen LogP contribution in [0.3, 0.4) is 0 Å². The number of carbonyl (C=O) groups is 1. The molecule has 2 amide bonds. The van der Waals surface area contributed by atoms with Crippen molar-refractivity contribution in [2.75, 3.05) is 38.7 Å². The predicted molar refractivity (Wildman–Crippen MR) is 133 cm³/mol. The molecule has 2 N–H and O–H groups in total. The number of fused-ring (bicyclic) bond motifs is 1. The number of methoxy groups -OCH3 is 1. The van der Waals surface area contributed by atoms with Gasteiger partial charge in [-0.15, -0.1) is 0 Å². The van der Waals surface area contributed by atoms with Gasteiger partial charge in [-0.1, -0.05) is 24.0 Å². The lowest BCUT2D eigenvalue weighted by Crippen LogP contribution is -2.68. The van der Waals surface area contributed by atoms with Gasteiger partial charge < -0.3 is 20.1 Å². The molecule has 3 fully saturated rings. The van der Waals surface area contributed by atoms with Crippen LogP contribution in [0, 0.1) is 17.8 Å². The number of nitrogens with one attached hydrogen (secondary N) is 1. The number of urea groups is 1. The maximum atomic E-state index is 13.1. The van der Waals surface area contributed by atoms with Crippen molar-refractivity contribution < 1.29 is 14.6 Å². The third-order valence-corrected chi connectivity index (χ3v) is 7.29. The van der Waals surface area contributed by atoms with Gasteiger partial charge in [-0.25, -0.2) is 4.79 Å². The first-order valence-corrected chi connectivity index (χ1v) is 12.3. The summed E-state index contributed by atoms with van der Waals surface area (Å²) in [4.78, 5) is 17.4. The fourth-order valence-corrected chi connectivity index (χ4v) is 5.20. The Kier molecular flexibility index (Phi) is 6.75. The number of aliphatic hydroxyl groups is 1. The van der Waals surface area contributed by atoms with Gasteiger partial charge in [-0.05, 0) is 74.2 Å². The van der Waals surface area contributed by atoms with Crippen molar-refractivity contribution in [2.24, 2.45) is 5.92 Å². The minimum absolute atomic E-state index is 0.0797. The summed E-state index contributed by atoms with van der Waals surface area (Å²) in [5, 5.41) is 13.2. The Hall–Kier alpha value is -3.01. The average Bonchev–Trinajstić information content (AvgIpc) is 3.67. The van der Waals surface area contributed by atoms with Crippen LogP contribution in [-0.2, 0) is 0 Å². The number of rotatable bonds is 4. The Morgan fingerprint density at radius 3 is 2.50 bits per heavy atom. The van der Waals surface area contributed by atoms with E-state index < -0.39 is 0 Å². The summed E-state index contributed by atoms with van der Waals surface area (Å²) in [5.41, 5.74) is 3.02. The van der Waals surface area contributed by atoms with E-state index in [1.165, 1.54) is 18.4 Å². The van der Waals surface area contributed by atoms with Crippen LogP contribution in [0.4, 0.5) is 10.5 Å². The van der Waals surface area contributed by atoms with Crippen molar-refractivity contribution in [1.82, 2.24) is 9.80 Å². The van der Waals surface area contributed by atoms with E-state index in [2.05, 4.69) is 46.3 Å². The molecule has 2 saturated heterocycles. The summed E-state index contributed by atoms with van der Waals surface area (Å²) in [7, 11) is 1.63. The third kappa shape index (κ3) is 4.91. The van der Waals surface area contributed by atoms with Crippen molar-refractivity contribution >= 4 is 11.7 Å². The second kappa shape index (κ2) is 10.1. The molecule has 1 aliphatic carbocycles. The largest absolute Gasteiger partial charge is 0.497 e. The van der Waals surface area contributed by atoms with Gasteiger partial charge in [0.15, 0.2) is 0 Å². The zero-order valence-electron chi connectivity index (χ0n) is 19.7. The molecule has 178 valence electrons. The van der Waals surface area contributed by atoms with E-state index in [4.69, 9.17) is 4.74 Å². The first-order chi connectivity index (χ1) is 16.7. The summed E-state index contributed by atoms with van der Waals surface area (Å²) in [5.74, 6) is 8.15. The molecular formula is C28H33N3O3. The van der Waals surface area contributed by atoms with E-state index in [9.17, 15) is 9.90 Å². The van der Waals surface area contributed by atoms with Crippen molar-refractivity contribution in [1.29, 1.82) is 0 Å².